The van der Waals surface area contributed by atoms with Crippen molar-refractivity contribution in [1.29, 1.82) is 0 Å². The van der Waals surface area contributed by atoms with Crippen LogP contribution in [-0.4, -0.2) is 29.1 Å². The molecular weight excluding hydrogens is 294 g/mol. The Hall–Kier alpha value is -2.83. The van der Waals surface area contributed by atoms with Gasteiger partial charge in [0.05, 0.1) is 18.4 Å². The second-order valence-corrected chi connectivity index (χ2v) is 5.10. The first-order chi connectivity index (χ1) is 11.1. The minimum atomic E-state index is -0.432. The topological polar surface area (TPSA) is 102 Å². The van der Waals surface area contributed by atoms with Crippen LogP contribution >= 0.6 is 0 Å². The zero-order valence-corrected chi connectivity index (χ0v) is 13.5. The molecule has 0 saturated carbocycles. The molecule has 0 aliphatic rings. The van der Waals surface area contributed by atoms with Gasteiger partial charge >= 0.3 is 5.97 Å². The number of esters is 1. The number of nitrogen functional groups attached to an aromatic ring is 1. The third-order valence-electron chi connectivity index (χ3n) is 3.46. The second kappa shape index (κ2) is 7.44. The molecule has 1 atom stereocenters. The van der Waals surface area contributed by atoms with Crippen molar-refractivity contribution in [2.75, 3.05) is 23.5 Å². The fourth-order valence-electron chi connectivity index (χ4n) is 1.95. The molecule has 1 heterocycles. The summed E-state index contributed by atoms with van der Waals surface area (Å²) in [7, 11) is 1.34. The van der Waals surface area contributed by atoms with Crippen LogP contribution in [0, 0.1) is 0 Å². The molecule has 0 amide bonds. The van der Waals surface area contributed by atoms with Crippen LogP contribution in [0.25, 0.3) is 0 Å². The van der Waals surface area contributed by atoms with Gasteiger partial charge in [-0.3, -0.25) is 0 Å². The number of benzene rings is 1. The van der Waals surface area contributed by atoms with Gasteiger partial charge in [-0.1, -0.05) is 19.1 Å². The first-order valence-electron chi connectivity index (χ1n) is 7.38. The number of carbonyl (C=O) groups excluding carboxylic acids is 1. The van der Waals surface area contributed by atoms with Gasteiger partial charge in [0.2, 0.25) is 0 Å². The van der Waals surface area contributed by atoms with Gasteiger partial charge in [0, 0.05) is 6.04 Å². The van der Waals surface area contributed by atoms with Crippen LogP contribution in [0.1, 0.15) is 30.6 Å². The summed E-state index contributed by atoms with van der Waals surface area (Å²) in [5, 5.41) is 6.30. The third kappa shape index (κ3) is 3.88. The van der Waals surface area contributed by atoms with Crippen LogP contribution in [0.3, 0.4) is 0 Å². The average Bonchev–Trinajstić information content (AvgIpc) is 2.58. The van der Waals surface area contributed by atoms with Gasteiger partial charge in [0.1, 0.15) is 12.0 Å². The lowest BCUT2D eigenvalue weighted by Gasteiger charge is -2.16. The van der Waals surface area contributed by atoms with E-state index >= 15 is 0 Å². The van der Waals surface area contributed by atoms with E-state index in [-0.39, 0.29) is 6.04 Å². The smallest absolute Gasteiger partial charge is 0.339 e. The first kappa shape index (κ1) is 16.5. The van der Waals surface area contributed by atoms with Crippen molar-refractivity contribution in [2.24, 2.45) is 0 Å². The molecule has 122 valence electrons. The van der Waals surface area contributed by atoms with Crippen LogP contribution in [0.15, 0.2) is 30.6 Å². The summed E-state index contributed by atoms with van der Waals surface area (Å²) in [6.45, 7) is 4.11. The number of carbonyl (C=O) groups is 1. The van der Waals surface area contributed by atoms with Crippen LogP contribution in [-0.2, 0) is 4.74 Å². The van der Waals surface area contributed by atoms with Crippen molar-refractivity contribution in [1.82, 2.24) is 9.97 Å². The molecule has 0 saturated heterocycles. The van der Waals surface area contributed by atoms with Gasteiger partial charge < -0.3 is 21.1 Å². The van der Waals surface area contributed by atoms with Crippen molar-refractivity contribution >= 4 is 29.0 Å². The number of rotatable bonds is 6. The number of para-hydroxylation sites is 1. The van der Waals surface area contributed by atoms with Crippen LogP contribution in [0.2, 0.25) is 0 Å². The molecule has 0 fully saturated rings. The SMILES string of the molecule is CCC(C)Nc1ncnc(Nc2ccccc2C(=O)OC)c1N. The largest absolute Gasteiger partial charge is 0.465 e. The summed E-state index contributed by atoms with van der Waals surface area (Å²) in [4.78, 5) is 20.1. The number of hydrogen-bond acceptors (Lipinski definition) is 7. The summed E-state index contributed by atoms with van der Waals surface area (Å²) in [5.41, 5.74) is 7.50. The summed E-state index contributed by atoms with van der Waals surface area (Å²) in [6.07, 6.45) is 2.36. The number of nitrogens with one attached hydrogen (secondary N) is 2. The molecule has 1 aromatic heterocycles. The van der Waals surface area contributed by atoms with Crippen LogP contribution in [0.5, 0.6) is 0 Å². The number of ether oxygens (including phenoxy) is 1. The number of nitrogens with two attached hydrogens (primary N) is 1. The maximum Gasteiger partial charge on any atom is 0.339 e. The maximum absolute atomic E-state index is 11.8. The lowest BCUT2D eigenvalue weighted by Crippen LogP contribution is -2.17. The molecule has 0 aliphatic carbocycles. The standard InChI is InChI=1S/C16H21N5O2/c1-4-10(2)20-14-13(17)15(19-9-18-14)21-12-8-6-5-7-11(12)16(22)23-3/h5-10H,4,17H2,1-3H3,(H2,18,19,20,21). The molecule has 0 radical (unpaired) electrons. The van der Waals surface area contributed by atoms with Gasteiger partial charge in [-0.2, -0.15) is 0 Å². The van der Waals surface area contributed by atoms with Crippen molar-refractivity contribution in [3.63, 3.8) is 0 Å². The van der Waals surface area contributed by atoms with E-state index in [9.17, 15) is 4.79 Å². The lowest BCUT2D eigenvalue weighted by atomic mass is 10.2. The fourth-order valence-corrected chi connectivity index (χ4v) is 1.95. The van der Waals surface area contributed by atoms with Gasteiger partial charge in [-0.05, 0) is 25.5 Å². The van der Waals surface area contributed by atoms with E-state index in [1.54, 1.807) is 18.2 Å². The molecule has 1 aromatic carbocycles. The third-order valence-corrected chi connectivity index (χ3v) is 3.46. The average molecular weight is 315 g/mol. The molecule has 0 spiro atoms. The summed E-state index contributed by atoms with van der Waals surface area (Å²) in [5.74, 6) is 0.563. The molecule has 2 aromatic rings. The first-order valence-corrected chi connectivity index (χ1v) is 7.38. The Labute approximate surface area is 135 Å². The highest BCUT2D eigenvalue weighted by molar-refractivity contribution is 5.97. The molecule has 0 bridgehead atoms. The molecular formula is C16H21N5O2. The molecule has 4 N–H and O–H groups in total. The van der Waals surface area contributed by atoms with E-state index in [1.165, 1.54) is 13.4 Å². The van der Waals surface area contributed by atoms with Gasteiger partial charge in [0.15, 0.2) is 11.6 Å². The minimum absolute atomic E-state index is 0.238. The molecule has 7 nitrogen and oxygen atoms in total. The lowest BCUT2D eigenvalue weighted by molar-refractivity contribution is 0.0602. The van der Waals surface area contributed by atoms with Crippen LogP contribution < -0.4 is 16.4 Å². The number of nitrogens with zero attached hydrogens (tertiary/aromatic N) is 2. The molecule has 0 aliphatic heterocycles. The van der Waals surface area contributed by atoms with Gasteiger partial charge in [-0.25, -0.2) is 14.8 Å². The van der Waals surface area contributed by atoms with E-state index < -0.39 is 5.97 Å². The van der Waals surface area contributed by atoms with Gasteiger partial charge in [-0.15, -0.1) is 0 Å². The zero-order valence-electron chi connectivity index (χ0n) is 13.5. The van der Waals surface area contributed by atoms with Crippen molar-refractivity contribution in [2.45, 2.75) is 26.3 Å². The molecule has 23 heavy (non-hydrogen) atoms. The predicted octanol–water partition coefficient (Wildman–Crippen LogP) is 2.80. The zero-order chi connectivity index (χ0) is 16.8. The summed E-state index contributed by atoms with van der Waals surface area (Å²) in [6, 6.07) is 7.24. The highest BCUT2D eigenvalue weighted by atomic mass is 16.5. The van der Waals surface area contributed by atoms with Crippen molar-refractivity contribution < 1.29 is 9.53 Å². The Morgan fingerprint density at radius 1 is 1.30 bits per heavy atom. The minimum Gasteiger partial charge on any atom is -0.465 e. The van der Waals surface area contributed by atoms with E-state index in [0.29, 0.717) is 28.6 Å². The normalized spacial score (nSPS) is 11.6. The number of methoxy groups -OCH3 is 1. The second-order valence-electron chi connectivity index (χ2n) is 5.10. The molecule has 7 heteroatoms. The van der Waals surface area contributed by atoms with Crippen molar-refractivity contribution in [3.8, 4) is 0 Å². The Bertz CT molecular complexity index is 690. The Morgan fingerprint density at radius 3 is 2.70 bits per heavy atom. The predicted molar refractivity (Wildman–Crippen MR) is 90.9 cm³/mol. The highest BCUT2D eigenvalue weighted by Gasteiger charge is 2.14. The maximum atomic E-state index is 11.8. The fraction of sp³-hybridized carbons (Fsp3) is 0.312. The molecule has 2 rings (SSSR count). The quantitative estimate of drug-likeness (QED) is 0.704. The monoisotopic (exact) mass is 315 g/mol. The highest BCUT2D eigenvalue weighted by Crippen LogP contribution is 2.28. The van der Waals surface area contributed by atoms with Gasteiger partial charge in [0.25, 0.3) is 0 Å². The molecule has 1 unspecified atom stereocenters. The van der Waals surface area contributed by atoms with E-state index in [2.05, 4.69) is 27.5 Å². The summed E-state index contributed by atoms with van der Waals surface area (Å²) >= 11 is 0. The Balaban J connectivity index is 2.31. The number of anilines is 4. The van der Waals surface area contributed by atoms with E-state index in [1.807, 2.05) is 13.0 Å². The summed E-state index contributed by atoms with van der Waals surface area (Å²) < 4.78 is 4.78. The van der Waals surface area contributed by atoms with Crippen LogP contribution in [0.4, 0.5) is 23.0 Å². The number of aromatic nitrogens is 2. The number of hydrogen-bond donors (Lipinski definition) is 3. The van der Waals surface area contributed by atoms with Crippen molar-refractivity contribution in [3.05, 3.63) is 36.2 Å². The van der Waals surface area contributed by atoms with E-state index in [0.717, 1.165) is 6.42 Å². The Morgan fingerprint density at radius 2 is 2.00 bits per heavy atom. The van der Waals surface area contributed by atoms with E-state index in [4.69, 9.17) is 10.5 Å². The Kier molecular flexibility index (Phi) is 5.35.